The van der Waals surface area contributed by atoms with Gasteiger partial charge in [-0.3, -0.25) is 0 Å². The van der Waals surface area contributed by atoms with Gasteiger partial charge in [-0.05, 0) is 24.3 Å². The van der Waals surface area contributed by atoms with Crippen LogP contribution < -0.4 is 0 Å². The molecule has 18 heavy (non-hydrogen) atoms. The first-order chi connectivity index (χ1) is 8.69. The van der Waals surface area contributed by atoms with Crippen LogP contribution in [-0.4, -0.2) is 30.4 Å². The number of thiophene rings is 1. The van der Waals surface area contributed by atoms with Gasteiger partial charge >= 0.3 is 12.1 Å². The molecule has 0 aromatic carbocycles. The number of carbonyl (C=O) groups is 1. The molecule has 100 valence electrons. The van der Waals surface area contributed by atoms with E-state index in [0.717, 1.165) is 12.8 Å². The summed E-state index contributed by atoms with van der Waals surface area (Å²) in [5.74, 6) is -1.000. The van der Waals surface area contributed by atoms with Crippen LogP contribution in [0.1, 0.15) is 37.0 Å². The summed E-state index contributed by atoms with van der Waals surface area (Å²) < 4.78 is 10.7. The lowest BCUT2D eigenvalue weighted by Gasteiger charge is -2.08. The summed E-state index contributed by atoms with van der Waals surface area (Å²) in [7, 11) is 0. The van der Waals surface area contributed by atoms with Crippen LogP contribution in [0.3, 0.4) is 0 Å². The number of aromatic carboxylic acids is 1. The van der Waals surface area contributed by atoms with Crippen molar-refractivity contribution in [1.29, 1.82) is 0 Å². The Morgan fingerprint density at radius 1 is 1.33 bits per heavy atom. The van der Waals surface area contributed by atoms with E-state index >= 15 is 0 Å². The molecule has 1 aromatic rings. The molecule has 5 nitrogen and oxygen atoms in total. The highest BCUT2D eigenvalue weighted by Crippen LogP contribution is 2.26. The van der Waals surface area contributed by atoms with Crippen LogP contribution >= 0.6 is 11.3 Å². The highest BCUT2D eigenvalue weighted by atomic mass is 32.1. The standard InChI is InChI=1S/C12H17NO4S/c1-3-6-16-12(17-7-4-2)13-10-9(11(14)15)5-8-18-10/h5,8H,3-4,6-7H2,1-2H3,(H,14,15). The Hall–Kier alpha value is -1.56. The quantitative estimate of drug-likeness (QED) is 0.636. The van der Waals surface area contributed by atoms with Crippen LogP contribution in [0.5, 0.6) is 0 Å². The molecule has 0 atom stereocenters. The summed E-state index contributed by atoms with van der Waals surface area (Å²) in [5.41, 5.74) is 0.165. The first-order valence-electron chi connectivity index (χ1n) is 5.84. The van der Waals surface area contributed by atoms with Crippen molar-refractivity contribution in [3.63, 3.8) is 0 Å². The summed E-state index contributed by atoms with van der Waals surface area (Å²) in [5, 5.41) is 11.0. The molecule has 0 saturated carbocycles. The molecule has 0 spiro atoms. The number of carboxylic acid groups (broad SMARTS) is 1. The number of aliphatic imine (C=N–C) groups is 1. The zero-order valence-corrected chi connectivity index (χ0v) is 11.3. The van der Waals surface area contributed by atoms with Gasteiger partial charge in [-0.2, -0.15) is 4.99 Å². The molecule has 6 heteroatoms. The molecular weight excluding hydrogens is 254 g/mol. The van der Waals surface area contributed by atoms with Crippen LogP contribution in [0.2, 0.25) is 0 Å². The molecule has 0 aliphatic heterocycles. The minimum atomic E-state index is -1.000. The molecule has 1 heterocycles. The molecule has 1 aromatic heterocycles. The molecular formula is C12H17NO4S. The zero-order valence-electron chi connectivity index (χ0n) is 10.5. The fourth-order valence-corrected chi connectivity index (χ4v) is 1.86. The largest absolute Gasteiger partial charge is 0.478 e. The summed E-state index contributed by atoms with van der Waals surface area (Å²) in [6.45, 7) is 4.95. The van der Waals surface area contributed by atoms with E-state index in [1.54, 1.807) is 5.38 Å². The fraction of sp³-hybridized carbons (Fsp3) is 0.500. The van der Waals surface area contributed by atoms with Crippen LogP contribution in [0.4, 0.5) is 5.00 Å². The van der Waals surface area contributed by atoms with Gasteiger partial charge in [0.05, 0.1) is 18.8 Å². The van der Waals surface area contributed by atoms with Crippen LogP contribution in [0.15, 0.2) is 16.4 Å². The predicted molar refractivity (Wildman–Crippen MR) is 70.9 cm³/mol. The maximum Gasteiger partial charge on any atom is 0.389 e. The van der Waals surface area contributed by atoms with Gasteiger partial charge in [-0.1, -0.05) is 13.8 Å². The number of carboxylic acids is 1. The monoisotopic (exact) mass is 271 g/mol. The van der Waals surface area contributed by atoms with Gasteiger partial charge in [-0.15, -0.1) is 11.3 Å². The number of rotatable bonds is 6. The smallest absolute Gasteiger partial charge is 0.389 e. The SMILES string of the molecule is CCCOC(=Nc1sccc1C(=O)O)OCCC. The molecule has 1 N–H and O–H groups in total. The Kier molecular flexibility index (Phi) is 6.21. The maximum atomic E-state index is 10.9. The van der Waals surface area contributed by atoms with Crippen LogP contribution in [-0.2, 0) is 9.47 Å². The lowest BCUT2D eigenvalue weighted by Crippen LogP contribution is -2.11. The van der Waals surface area contributed by atoms with Gasteiger partial charge in [0.1, 0.15) is 5.00 Å². The third kappa shape index (κ3) is 4.37. The average molecular weight is 271 g/mol. The van der Waals surface area contributed by atoms with E-state index in [0.29, 0.717) is 18.2 Å². The first kappa shape index (κ1) is 14.5. The van der Waals surface area contributed by atoms with Gasteiger partial charge in [0.2, 0.25) is 0 Å². The first-order valence-corrected chi connectivity index (χ1v) is 6.72. The summed E-state index contributed by atoms with van der Waals surface area (Å²) in [6.07, 6.45) is 1.82. The van der Waals surface area contributed by atoms with Gasteiger partial charge in [-0.25, -0.2) is 4.79 Å². The molecule has 0 amide bonds. The second kappa shape index (κ2) is 7.71. The minimum absolute atomic E-state index is 0.142. The van der Waals surface area contributed by atoms with Crippen molar-refractivity contribution in [2.75, 3.05) is 13.2 Å². The molecule has 0 bridgehead atoms. The van der Waals surface area contributed by atoms with Crippen molar-refractivity contribution in [2.24, 2.45) is 4.99 Å². The van der Waals surface area contributed by atoms with Crippen molar-refractivity contribution < 1.29 is 19.4 Å². The average Bonchev–Trinajstić information content (AvgIpc) is 2.80. The lowest BCUT2D eigenvalue weighted by atomic mass is 10.3. The van der Waals surface area contributed by atoms with E-state index in [-0.39, 0.29) is 11.6 Å². The highest BCUT2D eigenvalue weighted by Gasteiger charge is 2.13. The number of ether oxygens (including phenoxy) is 2. The summed E-state index contributed by atoms with van der Waals surface area (Å²) in [6, 6.07) is 1.52. The minimum Gasteiger partial charge on any atom is -0.478 e. The van der Waals surface area contributed by atoms with Gasteiger partial charge in [0, 0.05) is 0 Å². The summed E-state index contributed by atoms with van der Waals surface area (Å²) in [4.78, 5) is 15.1. The molecule has 1 rings (SSSR count). The van der Waals surface area contributed by atoms with Crippen molar-refractivity contribution in [3.05, 3.63) is 17.0 Å². The Balaban J connectivity index is 2.84. The van der Waals surface area contributed by atoms with Gasteiger partial charge in [0.15, 0.2) is 0 Å². The Morgan fingerprint density at radius 3 is 2.44 bits per heavy atom. The maximum absolute atomic E-state index is 10.9. The van der Waals surface area contributed by atoms with E-state index in [1.807, 2.05) is 13.8 Å². The fourth-order valence-electron chi connectivity index (χ4n) is 1.12. The van der Waals surface area contributed by atoms with Crippen LogP contribution in [0, 0.1) is 0 Å². The Bertz CT molecular complexity index is 404. The third-order valence-electron chi connectivity index (χ3n) is 1.93. The highest BCUT2D eigenvalue weighted by molar-refractivity contribution is 7.14. The van der Waals surface area contributed by atoms with Gasteiger partial charge in [0.25, 0.3) is 0 Å². The molecule has 0 unspecified atom stereocenters. The topological polar surface area (TPSA) is 68.1 Å². The second-order valence-corrected chi connectivity index (χ2v) is 4.41. The molecule has 0 aliphatic rings. The van der Waals surface area contributed by atoms with Crippen molar-refractivity contribution in [1.82, 2.24) is 0 Å². The van der Waals surface area contributed by atoms with E-state index < -0.39 is 5.97 Å². The van der Waals surface area contributed by atoms with Crippen molar-refractivity contribution >= 4 is 28.4 Å². The molecule has 0 aliphatic carbocycles. The summed E-state index contributed by atoms with van der Waals surface area (Å²) >= 11 is 1.24. The molecule has 0 saturated heterocycles. The number of hydrogen-bond acceptors (Lipinski definition) is 5. The number of nitrogens with zero attached hydrogens (tertiary/aromatic N) is 1. The van der Waals surface area contributed by atoms with E-state index in [4.69, 9.17) is 14.6 Å². The number of hydrogen-bond donors (Lipinski definition) is 1. The Morgan fingerprint density at radius 2 is 1.94 bits per heavy atom. The van der Waals surface area contributed by atoms with Crippen molar-refractivity contribution in [3.8, 4) is 0 Å². The van der Waals surface area contributed by atoms with E-state index in [2.05, 4.69) is 4.99 Å². The van der Waals surface area contributed by atoms with Crippen LogP contribution in [0.25, 0.3) is 0 Å². The lowest BCUT2D eigenvalue weighted by molar-refractivity contribution is 0.0698. The van der Waals surface area contributed by atoms with E-state index in [1.165, 1.54) is 17.4 Å². The molecule has 0 fully saturated rings. The van der Waals surface area contributed by atoms with Crippen molar-refractivity contribution in [2.45, 2.75) is 26.7 Å². The van der Waals surface area contributed by atoms with E-state index in [9.17, 15) is 4.79 Å². The third-order valence-corrected chi connectivity index (χ3v) is 2.73. The Labute approximate surface area is 110 Å². The normalized spacial score (nSPS) is 9.89. The zero-order chi connectivity index (χ0) is 13.4. The molecule has 0 radical (unpaired) electrons. The predicted octanol–water partition coefficient (Wildman–Crippen LogP) is 3.29. The van der Waals surface area contributed by atoms with Gasteiger partial charge < -0.3 is 14.6 Å². The second-order valence-electron chi connectivity index (χ2n) is 3.52.